The van der Waals surface area contributed by atoms with Crippen LogP contribution in [0.3, 0.4) is 0 Å². The lowest BCUT2D eigenvalue weighted by Gasteiger charge is -2.07. The van der Waals surface area contributed by atoms with Gasteiger partial charge in [-0.3, -0.25) is 4.79 Å². The second-order valence-electron chi connectivity index (χ2n) is 1.88. The average molecular weight is 154 g/mol. The van der Waals surface area contributed by atoms with Gasteiger partial charge in [0.15, 0.2) is 6.23 Å². The van der Waals surface area contributed by atoms with Crippen LogP contribution < -0.4 is 5.32 Å². The monoisotopic (exact) mass is 154 g/mol. The van der Waals surface area contributed by atoms with Crippen molar-refractivity contribution < 1.29 is 9.53 Å². The van der Waals surface area contributed by atoms with Crippen LogP contribution in [0.5, 0.6) is 0 Å². The molecule has 0 aromatic carbocycles. The van der Waals surface area contributed by atoms with Gasteiger partial charge in [0.2, 0.25) is 5.91 Å². The van der Waals surface area contributed by atoms with Crippen molar-refractivity contribution in [2.45, 2.75) is 6.23 Å². The summed E-state index contributed by atoms with van der Waals surface area (Å²) in [6.07, 6.45) is 0.604. The molecule has 1 N–H and O–H groups in total. The number of azide groups is 1. The Bertz CT molecular complexity index is 253. The minimum Gasteiger partial charge on any atom is -0.358 e. The van der Waals surface area contributed by atoms with Crippen molar-refractivity contribution in [3.05, 3.63) is 22.2 Å². The molecule has 1 amide bonds. The summed E-state index contributed by atoms with van der Waals surface area (Å²) in [6, 6.07) is 0. The van der Waals surface area contributed by atoms with Crippen molar-refractivity contribution in [2.75, 3.05) is 7.11 Å². The zero-order valence-corrected chi connectivity index (χ0v) is 5.81. The number of methoxy groups -OCH3 is 1. The van der Waals surface area contributed by atoms with E-state index in [1.165, 1.54) is 13.2 Å². The van der Waals surface area contributed by atoms with Crippen molar-refractivity contribution in [1.82, 2.24) is 5.32 Å². The van der Waals surface area contributed by atoms with Crippen LogP contribution in [0.4, 0.5) is 0 Å². The molecule has 58 valence electrons. The quantitative estimate of drug-likeness (QED) is 0.352. The molecule has 0 aromatic rings. The largest absolute Gasteiger partial charge is 0.358 e. The SMILES string of the molecule is COC1NC(=O)C=C1N=[N+]=[N-]. The molecule has 1 atom stereocenters. The predicted octanol–water partition coefficient (Wildman–Crippen LogP) is 0.283. The fraction of sp³-hybridized carbons (Fsp3) is 0.400. The van der Waals surface area contributed by atoms with Gasteiger partial charge in [0, 0.05) is 18.1 Å². The van der Waals surface area contributed by atoms with Crippen LogP contribution in [0.25, 0.3) is 10.4 Å². The summed E-state index contributed by atoms with van der Waals surface area (Å²) < 4.78 is 4.78. The second kappa shape index (κ2) is 3.05. The first kappa shape index (κ1) is 7.59. The Balaban J connectivity index is 2.81. The van der Waals surface area contributed by atoms with Gasteiger partial charge < -0.3 is 10.1 Å². The van der Waals surface area contributed by atoms with Gasteiger partial charge in [-0.1, -0.05) is 5.11 Å². The van der Waals surface area contributed by atoms with E-state index in [9.17, 15) is 4.79 Å². The first-order chi connectivity index (χ1) is 5.27. The van der Waals surface area contributed by atoms with E-state index in [4.69, 9.17) is 10.3 Å². The van der Waals surface area contributed by atoms with E-state index in [0.717, 1.165) is 0 Å². The van der Waals surface area contributed by atoms with Crippen LogP contribution in [-0.2, 0) is 9.53 Å². The van der Waals surface area contributed by atoms with Crippen molar-refractivity contribution in [1.29, 1.82) is 0 Å². The van der Waals surface area contributed by atoms with E-state index in [-0.39, 0.29) is 11.6 Å². The van der Waals surface area contributed by atoms with Gasteiger partial charge in [0.1, 0.15) is 0 Å². The van der Waals surface area contributed by atoms with Crippen LogP contribution >= 0.6 is 0 Å². The molecule has 0 saturated heterocycles. The number of carbonyl (C=O) groups is 1. The van der Waals surface area contributed by atoms with Crippen molar-refractivity contribution >= 4 is 5.91 Å². The summed E-state index contributed by atoms with van der Waals surface area (Å²) in [5.41, 5.74) is 8.31. The van der Waals surface area contributed by atoms with E-state index in [1.54, 1.807) is 0 Å². The highest BCUT2D eigenvalue weighted by Gasteiger charge is 2.21. The van der Waals surface area contributed by atoms with Crippen molar-refractivity contribution in [3.8, 4) is 0 Å². The molecule has 0 fully saturated rings. The highest BCUT2D eigenvalue weighted by atomic mass is 16.5. The van der Waals surface area contributed by atoms with Crippen LogP contribution in [0.1, 0.15) is 0 Å². The highest BCUT2D eigenvalue weighted by molar-refractivity contribution is 5.91. The highest BCUT2D eigenvalue weighted by Crippen LogP contribution is 2.10. The number of hydrogen-bond donors (Lipinski definition) is 1. The van der Waals surface area contributed by atoms with E-state index in [0.29, 0.717) is 0 Å². The Kier molecular flexibility index (Phi) is 2.10. The summed E-state index contributed by atoms with van der Waals surface area (Å²) in [6.45, 7) is 0. The summed E-state index contributed by atoms with van der Waals surface area (Å²) >= 11 is 0. The first-order valence-corrected chi connectivity index (χ1v) is 2.88. The number of carbonyl (C=O) groups excluding carboxylic acids is 1. The average Bonchev–Trinajstić information content (AvgIpc) is 2.32. The maximum absolute atomic E-state index is 10.6. The minimum absolute atomic E-state index is 0.264. The fourth-order valence-electron chi connectivity index (χ4n) is 0.767. The number of nitrogens with one attached hydrogen (secondary N) is 1. The molecule has 1 aliphatic heterocycles. The van der Waals surface area contributed by atoms with E-state index in [2.05, 4.69) is 15.3 Å². The summed E-state index contributed by atoms with van der Waals surface area (Å²) in [4.78, 5) is 13.2. The molecular weight excluding hydrogens is 148 g/mol. The summed E-state index contributed by atoms with van der Waals surface area (Å²) in [7, 11) is 1.41. The Morgan fingerprint density at radius 1 is 1.91 bits per heavy atom. The molecule has 0 saturated carbocycles. The number of amides is 1. The molecule has 1 heterocycles. The van der Waals surface area contributed by atoms with Crippen molar-refractivity contribution in [3.63, 3.8) is 0 Å². The third-order valence-electron chi connectivity index (χ3n) is 1.22. The fourth-order valence-corrected chi connectivity index (χ4v) is 0.767. The van der Waals surface area contributed by atoms with Gasteiger partial charge in [-0.2, -0.15) is 0 Å². The lowest BCUT2D eigenvalue weighted by molar-refractivity contribution is -0.117. The lowest BCUT2D eigenvalue weighted by Crippen LogP contribution is -2.29. The van der Waals surface area contributed by atoms with Gasteiger partial charge in [-0.05, 0) is 5.53 Å². The van der Waals surface area contributed by atoms with Gasteiger partial charge in [0.05, 0.1) is 5.70 Å². The molecule has 0 bridgehead atoms. The molecule has 1 rings (SSSR count). The summed E-state index contributed by atoms with van der Waals surface area (Å²) in [5.74, 6) is -0.306. The Labute approximate surface area is 62.5 Å². The predicted molar refractivity (Wildman–Crippen MR) is 36.2 cm³/mol. The topological polar surface area (TPSA) is 87.1 Å². The molecule has 1 unspecified atom stereocenters. The Morgan fingerprint density at radius 3 is 3.18 bits per heavy atom. The number of ether oxygens (including phenoxy) is 1. The van der Waals surface area contributed by atoms with E-state index < -0.39 is 6.23 Å². The van der Waals surface area contributed by atoms with Gasteiger partial charge in [-0.15, -0.1) is 0 Å². The van der Waals surface area contributed by atoms with Crippen molar-refractivity contribution in [2.24, 2.45) is 5.11 Å². The molecule has 0 aliphatic carbocycles. The molecule has 0 aromatic heterocycles. The maximum Gasteiger partial charge on any atom is 0.246 e. The molecule has 0 spiro atoms. The van der Waals surface area contributed by atoms with Crippen LogP contribution in [0.15, 0.2) is 16.9 Å². The normalized spacial score (nSPS) is 22.1. The molecular formula is C5H6N4O2. The zero-order chi connectivity index (χ0) is 8.27. The van der Waals surface area contributed by atoms with E-state index in [1.807, 2.05) is 0 Å². The Morgan fingerprint density at radius 2 is 2.64 bits per heavy atom. The summed E-state index contributed by atoms with van der Waals surface area (Å²) in [5, 5.41) is 5.68. The lowest BCUT2D eigenvalue weighted by atomic mass is 10.4. The molecule has 6 nitrogen and oxygen atoms in total. The maximum atomic E-state index is 10.6. The third-order valence-corrected chi connectivity index (χ3v) is 1.22. The number of rotatable bonds is 2. The number of nitrogens with zero attached hydrogens (tertiary/aromatic N) is 3. The Hall–Kier alpha value is -1.52. The second-order valence-corrected chi connectivity index (χ2v) is 1.88. The van der Waals surface area contributed by atoms with E-state index >= 15 is 0 Å². The van der Waals surface area contributed by atoms with Gasteiger partial charge >= 0.3 is 0 Å². The van der Waals surface area contributed by atoms with Crippen LogP contribution in [0.2, 0.25) is 0 Å². The molecule has 6 heteroatoms. The standard InChI is InChI=1S/C5H6N4O2/c1-11-5-3(8-9-6)2-4(10)7-5/h2,5H,1H3,(H,7,10). The first-order valence-electron chi connectivity index (χ1n) is 2.88. The molecule has 0 radical (unpaired) electrons. The molecule has 1 aliphatic rings. The molecule has 11 heavy (non-hydrogen) atoms. The zero-order valence-electron chi connectivity index (χ0n) is 5.81. The van der Waals surface area contributed by atoms with Gasteiger partial charge in [0.25, 0.3) is 0 Å². The van der Waals surface area contributed by atoms with Gasteiger partial charge in [-0.25, -0.2) is 0 Å². The third kappa shape index (κ3) is 1.49. The number of hydrogen-bond acceptors (Lipinski definition) is 3. The van der Waals surface area contributed by atoms with Crippen LogP contribution in [-0.4, -0.2) is 19.2 Å². The van der Waals surface area contributed by atoms with Crippen LogP contribution in [0, 0.1) is 0 Å². The smallest absolute Gasteiger partial charge is 0.246 e. The minimum atomic E-state index is -0.599.